The Morgan fingerprint density at radius 2 is 0.481 bits per heavy atom. The molecule has 0 aliphatic rings. The van der Waals surface area contributed by atoms with E-state index in [0.29, 0.717) is 19.3 Å². The van der Waals surface area contributed by atoms with Crippen LogP contribution in [0.2, 0.25) is 0 Å². The molecule has 1 atom stereocenters. The lowest BCUT2D eigenvalue weighted by Gasteiger charge is -2.18. The highest BCUT2D eigenvalue weighted by Crippen LogP contribution is 2.17. The zero-order valence-corrected chi connectivity index (χ0v) is 53.8. The minimum absolute atomic E-state index is 0.0775. The van der Waals surface area contributed by atoms with Crippen LogP contribution in [0.4, 0.5) is 0 Å². The number of esters is 3. The molecule has 0 spiro atoms. The van der Waals surface area contributed by atoms with Crippen LogP contribution < -0.4 is 0 Å². The summed E-state index contributed by atoms with van der Waals surface area (Å²) < 4.78 is 17.0. The highest BCUT2D eigenvalue weighted by molar-refractivity contribution is 5.71. The molecule has 0 aromatic rings. The molecular weight excluding hydrogens is 997 g/mol. The van der Waals surface area contributed by atoms with Gasteiger partial charge in [-0.1, -0.05) is 324 Å². The summed E-state index contributed by atoms with van der Waals surface area (Å²) in [6.45, 7) is 6.56. The number of unbranched alkanes of at least 4 members (excludes halogenated alkanes) is 39. The molecule has 0 N–H and O–H groups in total. The lowest BCUT2D eigenvalue weighted by Crippen LogP contribution is -2.30. The van der Waals surface area contributed by atoms with E-state index in [0.717, 1.165) is 103 Å². The summed E-state index contributed by atoms with van der Waals surface area (Å²) >= 11 is 0. The van der Waals surface area contributed by atoms with Gasteiger partial charge in [-0.15, -0.1) is 0 Å². The van der Waals surface area contributed by atoms with Crippen LogP contribution in [0, 0.1) is 0 Å². The second kappa shape index (κ2) is 69.1. The summed E-state index contributed by atoms with van der Waals surface area (Å²) in [4.78, 5) is 38.5. The van der Waals surface area contributed by atoms with Gasteiger partial charge in [0.25, 0.3) is 0 Å². The SMILES string of the molecule is CC/C=C\C/C=C\C/C=C\C/C=C\C/C=C\CCCCCCCCCC(=O)OC(COC(=O)CCCCCCCCCCCCCCC/C=C\C/C=C\CCCCCCC)COC(=O)CCCCCCCCCCCCCCCCC. The van der Waals surface area contributed by atoms with Crippen molar-refractivity contribution in [1.82, 2.24) is 0 Å². The Morgan fingerprint density at radius 3 is 0.753 bits per heavy atom. The van der Waals surface area contributed by atoms with E-state index in [2.05, 4.69) is 106 Å². The summed E-state index contributed by atoms with van der Waals surface area (Å²) in [5.41, 5.74) is 0. The van der Waals surface area contributed by atoms with E-state index < -0.39 is 6.10 Å². The number of carbonyl (C=O) groups is 3. The second-order valence-corrected chi connectivity index (χ2v) is 23.4. The maximum atomic E-state index is 13.0. The monoisotopic (exact) mass is 1130 g/mol. The predicted molar refractivity (Wildman–Crippen MR) is 353 cm³/mol. The summed E-state index contributed by atoms with van der Waals surface area (Å²) in [5.74, 6) is -0.870. The molecule has 81 heavy (non-hydrogen) atoms. The standard InChI is InChI=1S/C75H132O6/c1-4-7-10-13-16-19-22-25-28-30-32-34-36-37-39-40-42-44-47-50-53-56-59-62-65-68-74(77)80-71-72(70-79-73(76)67-64-61-58-55-52-49-46-27-24-21-18-15-12-9-6-3)81-75(78)69-66-63-60-57-54-51-48-45-43-41-38-35-33-31-29-26-23-20-17-14-11-8-5-2/h8,11,17,20,22,25-26,29-30,32-33,35,41,43,72H,4-7,9-10,12-16,18-19,21,23-24,27-28,31,34,36-40,42,44-71H2,1-3H3/b11-8-,20-17-,25-22-,29-26-,32-30-,35-33-,43-41-. The van der Waals surface area contributed by atoms with Crippen molar-refractivity contribution in [3.05, 3.63) is 85.1 Å². The van der Waals surface area contributed by atoms with Crippen molar-refractivity contribution in [2.75, 3.05) is 13.2 Å². The topological polar surface area (TPSA) is 78.9 Å². The fourth-order valence-corrected chi connectivity index (χ4v) is 10.2. The van der Waals surface area contributed by atoms with Gasteiger partial charge in [-0.2, -0.15) is 0 Å². The Hall–Kier alpha value is -3.41. The molecule has 0 amide bonds. The van der Waals surface area contributed by atoms with Gasteiger partial charge in [-0.25, -0.2) is 0 Å². The van der Waals surface area contributed by atoms with E-state index in [4.69, 9.17) is 14.2 Å². The summed E-state index contributed by atoms with van der Waals surface area (Å²) in [6, 6.07) is 0. The fraction of sp³-hybridized carbons (Fsp3) is 0.773. The highest BCUT2D eigenvalue weighted by Gasteiger charge is 2.19. The third-order valence-electron chi connectivity index (χ3n) is 15.4. The van der Waals surface area contributed by atoms with Crippen molar-refractivity contribution in [2.24, 2.45) is 0 Å². The van der Waals surface area contributed by atoms with Crippen molar-refractivity contribution in [3.63, 3.8) is 0 Å². The summed E-state index contributed by atoms with van der Waals surface area (Å²) in [7, 11) is 0. The van der Waals surface area contributed by atoms with E-state index in [9.17, 15) is 14.4 Å². The molecule has 0 saturated carbocycles. The molecule has 0 aromatic carbocycles. The van der Waals surface area contributed by atoms with Crippen molar-refractivity contribution in [2.45, 2.75) is 361 Å². The van der Waals surface area contributed by atoms with Crippen molar-refractivity contribution >= 4 is 17.9 Å². The van der Waals surface area contributed by atoms with Gasteiger partial charge in [0.15, 0.2) is 6.10 Å². The molecule has 6 nitrogen and oxygen atoms in total. The number of carbonyl (C=O) groups excluding carboxylic acids is 3. The van der Waals surface area contributed by atoms with Crippen molar-refractivity contribution in [1.29, 1.82) is 0 Å². The molecule has 0 aliphatic heterocycles. The third-order valence-corrected chi connectivity index (χ3v) is 15.4. The molecule has 0 rings (SSSR count). The van der Waals surface area contributed by atoms with Crippen LogP contribution in [0.3, 0.4) is 0 Å². The molecular formula is C75H132O6. The smallest absolute Gasteiger partial charge is 0.306 e. The average Bonchev–Trinajstić information content (AvgIpc) is 3.47. The Bertz CT molecular complexity index is 1530. The minimum atomic E-state index is -0.783. The average molecular weight is 1130 g/mol. The van der Waals surface area contributed by atoms with E-state index in [-0.39, 0.29) is 31.1 Å². The first-order valence-corrected chi connectivity index (χ1v) is 35.1. The van der Waals surface area contributed by atoms with Crippen LogP contribution in [0.1, 0.15) is 355 Å². The fourth-order valence-electron chi connectivity index (χ4n) is 10.2. The van der Waals surface area contributed by atoms with Gasteiger partial charge in [0.1, 0.15) is 13.2 Å². The molecule has 0 saturated heterocycles. The molecule has 1 unspecified atom stereocenters. The van der Waals surface area contributed by atoms with Crippen LogP contribution in [0.25, 0.3) is 0 Å². The van der Waals surface area contributed by atoms with Crippen LogP contribution in [0.15, 0.2) is 85.1 Å². The van der Waals surface area contributed by atoms with Gasteiger partial charge in [-0.3, -0.25) is 14.4 Å². The van der Waals surface area contributed by atoms with Gasteiger partial charge in [0, 0.05) is 19.3 Å². The number of rotatable bonds is 64. The minimum Gasteiger partial charge on any atom is -0.462 e. The van der Waals surface area contributed by atoms with Crippen molar-refractivity contribution < 1.29 is 28.6 Å². The van der Waals surface area contributed by atoms with Crippen LogP contribution in [-0.4, -0.2) is 37.2 Å². The Kier molecular flexibility index (Phi) is 66.2. The Labute approximate surface area is 503 Å². The third kappa shape index (κ3) is 67.3. The Balaban J connectivity index is 4.34. The summed E-state index contributed by atoms with van der Waals surface area (Å²) in [6.07, 6.45) is 91.7. The first-order valence-electron chi connectivity index (χ1n) is 35.1. The van der Waals surface area contributed by atoms with Gasteiger partial charge in [0.2, 0.25) is 0 Å². The Morgan fingerprint density at radius 1 is 0.259 bits per heavy atom. The van der Waals surface area contributed by atoms with Crippen LogP contribution in [0.5, 0.6) is 0 Å². The molecule has 0 fully saturated rings. The maximum Gasteiger partial charge on any atom is 0.306 e. The normalized spacial score (nSPS) is 12.6. The van der Waals surface area contributed by atoms with Crippen molar-refractivity contribution in [3.8, 4) is 0 Å². The number of hydrogen-bond acceptors (Lipinski definition) is 6. The van der Waals surface area contributed by atoms with Gasteiger partial charge in [-0.05, 0) is 96.3 Å². The van der Waals surface area contributed by atoms with Gasteiger partial charge < -0.3 is 14.2 Å². The first kappa shape index (κ1) is 77.6. The lowest BCUT2D eigenvalue weighted by molar-refractivity contribution is -0.167. The molecule has 0 aliphatic carbocycles. The molecule has 0 aromatic heterocycles. The zero-order chi connectivity index (χ0) is 58.5. The van der Waals surface area contributed by atoms with E-state index in [1.807, 2.05) is 0 Å². The zero-order valence-electron chi connectivity index (χ0n) is 53.8. The highest BCUT2D eigenvalue weighted by atomic mass is 16.6. The second-order valence-electron chi connectivity index (χ2n) is 23.4. The molecule has 0 radical (unpaired) electrons. The lowest BCUT2D eigenvalue weighted by atomic mass is 10.0. The maximum absolute atomic E-state index is 13.0. The number of hydrogen-bond donors (Lipinski definition) is 0. The van der Waals surface area contributed by atoms with E-state index in [1.54, 1.807) is 0 Å². The van der Waals surface area contributed by atoms with E-state index >= 15 is 0 Å². The number of allylic oxidation sites excluding steroid dienone is 14. The van der Waals surface area contributed by atoms with Gasteiger partial charge >= 0.3 is 17.9 Å². The quantitative estimate of drug-likeness (QED) is 0.0261. The van der Waals surface area contributed by atoms with E-state index in [1.165, 1.54) is 212 Å². The molecule has 468 valence electrons. The molecule has 0 bridgehead atoms. The first-order chi connectivity index (χ1) is 40.0. The van der Waals surface area contributed by atoms with Crippen LogP contribution in [-0.2, 0) is 28.6 Å². The number of ether oxygens (including phenoxy) is 3. The largest absolute Gasteiger partial charge is 0.462 e. The predicted octanol–water partition coefficient (Wildman–Crippen LogP) is 24.2. The van der Waals surface area contributed by atoms with Gasteiger partial charge in [0.05, 0.1) is 0 Å². The van der Waals surface area contributed by atoms with Crippen LogP contribution >= 0.6 is 0 Å². The summed E-state index contributed by atoms with van der Waals surface area (Å²) in [5, 5.41) is 0. The molecule has 0 heterocycles. The molecule has 6 heteroatoms.